The number of allylic oxidation sites excluding steroid dienone is 20. The summed E-state index contributed by atoms with van der Waals surface area (Å²) in [5.41, 5.74) is 22.5. The molecule has 0 aliphatic heterocycles. The predicted octanol–water partition coefficient (Wildman–Crippen LogP) is 28.0. The molecule has 14 rings (SSSR count). The number of nitrogens with zero attached hydrogens (tertiary/aromatic N) is 11. The average molecular weight is 1630 g/mol. The molecule has 0 amide bonds. The van der Waals surface area contributed by atoms with E-state index in [2.05, 4.69) is 240 Å². The first-order chi connectivity index (χ1) is 57.3. The van der Waals surface area contributed by atoms with Crippen molar-refractivity contribution >= 4 is 89.7 Å². The molecule has 4 aliphatic rings. The summed E-state index contributed by atoms with van der Waals surface area (Å²) in [4.78, 5) is 23.0. The number of hydrogen-bond acceptors (Lipinski definition) is 7. The molecule has 14 heteroatoms. The van der Waals surface area contributed by atoms with Crippen LogP contribution in [0.25, 0.3) is 109 Å². The number of phenols is 2. The fourth-order valence-electron chi connectivity index (χ4n) is 18.3. The van der Waals surface area contributed by atoms with E-state index in [1.165, 1.54) is 60.3 Å². The minimum Gasteiger partial charge on any atom is -0.506 e. The van der Waals surface area contributed by atoms with Gasteiger partial charge >= 0.3 is 0 Å². The Morgan fingerprint density at radius 2 is 0.683 bits per heavy atom. The molecule has 4 aliphatic carbocycles. The van der Waals surface area contributed by atoms with Crippen LogP contribution in [0.2, 0.25) is 0 Å². The van der Waals surface area contributed by atoms with Crippen LogP contribution in [0.5, 0.6) is 11.5 Å². The monoisotopic (exact) mass is 1630 g/mol. The topological polar surface area (TPSA) is 165 Å². The Hall–Kier alpha value is -12.7. The van der Waals surface area contributed by atoms with Gasteiger partial charge in [0.2, 0.25) is 0 Å². The van der Waals surface area contributed by atoms with E-state index in [4.69, 9.17) is 26.3 Å². The minimum atomic E-state index is -0.0501. The SMILES string of the molecule is [C-]#[N+]/C(C#N)=C1C=C(/C=C/c2ccc3c(c2)c2cc(/C=C/C4=CC(=C(\C#N)[N+]#[C-])/CC(C)(C)C4)ccc2n3CCCCCCc2ccc(O)c3ncccc23)CC(C)(C)C/1.[C-]#[N+]/C(C)=C1C=C(/C=C/c2ccc3c(c2)c2cc(/C=C/C4=CC(=C(/C#N)[N+]#[C-])/CC(C)(C)C4)ccc2n3CCCCCCc2ccc(O)c3ncccc23)CC(C)(C)C\1.[Zn]. The van der Waals surface area contributed by atoms with Crippen LogP contribution in [-0.4, -0.2) is 29.3 Å². The van der Waals surface area contributed by atoms with E-state index in [0.717, 1.165) is 194 Å². The van der Waals surface area contributed by atoms with Gasteiger partial charge in [-0.05, 0) is 269 Å². The molecule has 10 aromatic rings. The molecule has 4 heterocycles. The number of phenolic OH excluding ortho intramolecular Hbond substituents is 2. The van der Waals surface area contributed by atoms with Crippen molar-refractivity contribution in [1.29, 1.82) is 15.8 Å². The Labute approximate surface area is 720 Å². The fourth-order valence-corrected chi connectivity index (χ4v) is 18.3. The Morgan fingerprint density at radius 3 is 0.983 bits per heavy atom. The van der Waals surface area contributed by atoms with Gasteiger partial charge in [-0.1, -0.05) is 203 Å². The molecule has 0 fully saturated rings. The maximum Gasteiger partial charge on any atom is 0.265 e. The number of aromatic nitrogens is 4. The van der Waals surface area contributed by atoms with Crippen LogP contribution in [0.15, 0.2) is 250 Å². The standard InChI is InChI=1S/C53H50N6O.C53H53N5O.Zn/c1-52(2)30-38(26-41(32-52)46(34-54)56-5)16-14-36-18-21-48-44(28-36)45-29-37(15-17-39-27-42(47(35-55)57-6)33-53(3,4)31-39)19-22-49(45)59(48)25-10-8-7-9-12-40-20-23-50(60)51-43(40)13-11-24-58-51;1-36(55-6)42-27-39(31-52(2,3)33-42)17-15-37-19-22-48-45(29-37)46-30-38(16-18-40-28-43(47(35-54)56-7)34-53(4,5)32-40)20-23-49(46)58(48)26-11-9-8-10-13-41-21-24-50(59)51-44(41)14-12-25-57-51;/h11,13-24,26-29,60H,7-10,12,25,30-33H2,1-4H3;12,14-25,27-30,59H,8-11,13,26,31-34H2,1-5H3;/b16-14+,17-15+,46-41-,47-42-;17-15+,18-16+,42-36+,47-43+;. The van der Waals surface area contributed by atoms with Crippen LogP contribution in [0.3, 0.4) is 0 Å². The van der Waals surface area contributed by atoms with Crippen LogP contribution in [0, 0.1) is 81.9 Å². The van der Waals surface area contributed by atoms with Gasteiger partial charge in [0.15, 0.2) is 5.70 Å². The first-order valence-corrected chi connectivity index (χ1v) is 41.6. The minimum absolute atomic E-state index is 0. The van der Waals surface area contributed by atoms with E-state index in [1.54, 1.807) is 24.5 Å². The molecule has 0 spiro atoms. The third kappa shape index (κ3) is 20.7. The van der Waals surface area contributed by atoms with Crippen LogP contribution in [0.4, 0.5) is 0 Å². The third-order valence-electron chi connectivity index (χ3n) is 23.7. The summed E-state index contributed by atoms with van der Waals surface area (Å²) in [5.74, 6) is 0.456. The maximum absolute atomic E-state index is 10.3. The number of nitriles is 3. The second-order valence-corrected chi connectivity index (χ2v) is 35.8. The molecule has 0 saturated heterocycles. The average Bonchev–Trinajstić information content (AvgIpc) is 1.60. The summed E-state index contributed by atoms with van der Waals surface area (Å²) in [7, 11) is 0. The number of fused-ring (bicyclic) bond motifs is 8. The first kappa shape index (κ1) is 86.6. The van der Waals surface area contributed by atoms with Gasteiger partial charge in [-0.25, -0.2) is 35.2 Å². The van der Waals surface area contributed by atoms with Crippen LogP contribution in [0.1, 0.15) is 198 Å². The second-order valence-electron chi connectivity index (χ2n) is 35.8. The van der Waals surface area contributed by atoms with Crippen molar-refractivity contribution in [3.8, 4) is 29.7 Å². The third-order valence-corrected chi connectivity index (χ3v) is 23.7. The number of aromatic hydroxyl groups is 2. The molecule has 120 heavy (non-hydrogen) atoms. The number of unbranched alkanes of at least 4 members (excludes halogenated alkanes) is 6. The molecular formula is C106H103N11O2Zn. The summed E-state index contributed by atoms with van der Waals surface area (Å²) in [6.07, 6.45) is 46.4. The largest absolute Gasteiger partial charge is 0.506 e. The Kier molecular flexibility index (Phi) is 27.4. The molecule has 596 valence electrons. The smallest absolute Gasteiger partial charge is 0.265 e. The molecule has 0 unspecified atom stereocenters. The predicted molar refractivity (Wildman–Crippen MR) is 488 cm³/mol. The molecule has 0 bridgehead atoms. The number of benzene rings is 6. The number of hydrogen-bond donors (Lipinski definition) is 2. The Balaban J connectivity index is 0.000000218. The van der Waals surface area contributed by atoms with Crippen molar-refractivity contribution < 1.29 is 29.7 Å². The van der Waals surface area contributed by atoms with Gasteiger partial charge in [-0.3, -0.25) is 9.97 Å². The summed E-state index contributed by atoms with van der Waals surface area (Å²) in [5, 5.41) is 56.2. The van der Waals surface area contributed by atoms with E-state index in [1.807, 2.05) is 61.5 Å². The van der Waals surface area contributed by atoms with Crippen molar-refractivity contribution in [2.75, 3.05) is 0 Å². The van der Waals surface area contributed by atoms with Gasteiger partial charge in [0.1, 0.15) is 22.5 Å². The van der Waals surface area contributed by atoms with Crippen LogP contribution >= 0.6 is 0 Å². The van der Waals surface area contributed by atoms with Gasteiger partial charge in [0, 0.05) is 99.3 Å². The summed E-state index contributed by atoms with van der Waals surface area (Å²) in [6.45, 7) is 51.6. The number of pyridine rings is 2. The van der Waals surface area contributed by atoms with E-state index >= 15 is 0 Å². The van der Waals surface area contributed by atoms with Crippen molar-refractivity contribution in [2.45, 2.75) is 191 Å². The summed E-state index contributed by atoms with van der Waals surface area (Å²) in [6, 6.07) is 48.8. The van der Waals surface area contributed by atoms with Gasteiger partial charge in [0.05, 0.1) is 44.5 Å². The maximum atomic E-state index is 10.3. The van der Waals surface area contributed by atoms with Gasteiger partial charge in [-0.15, -0.1) is 0 Å². The van der Waals surface area contributed by atoms with Gasteiger partial charge < -0.3 is 19.3 Å². The van der Waals surface area contributed by atoms with E-state index in [-0.39, 0.29) is 69.7 Å². The van der Waals surface area contributed by atoms with Crippen molar-refractivity contribution in [1.82, 2.24) is 19.1 Å². The molecule has 2 N–H and O–H groups in total. The molecule has 0 atom stereocenters. The van der Waals surface area contributed by atoms with Gasteiger partial charge in [-0.2, -0.15) is 0 Å². The second kappa shape index (κ2) is 37.9. The number of aryl methyl sites for hydroxylation is 4. The molecule has 4 aromatic heterocycles. The molecule has 0 saturated carbocycles. The van der Waals surface area contributed by atoms with E-state index in [9.17, 15) is 26.0 Å². The first-order valence-electron chi connectivity index (χ1n) is 41.6. The van der Waals surface area contributed by atoms with Crippen molar-refractivity contribution in [3.05, 3.63) is 329 Å². The molecule has 0 radical (unpaired) electrons. The Morgan fingerprint density at radius 1 is 0.383 bits per heavy atom. The summed E-state index contributed by atoms with van der Waals surface area (Å²) < 4.78 is 4.94. The normalized spacial score (nSPS) is 17.9. The Bertz CT molecular complexity index is 6250. The van der Waals surface area contributed by atoms with E-state index < -0.39 is 0 Å². The van der Waals surface area contributed by atoms with Crippen LogP contribution < -0.4 is 0 Å². The summed E-state index contributed by atoms with van der Waals surface area (Å²) >= 11 is 0. The zero-order chi connectivity index (χ0) is 84.2. The zero-order valence-electron chi connectivity index (χ0n) is 70.8. The zero-order valence-corrected chi connectivity index (χ0v) is 73.8. The molecule has 13 nitrogen and oxygen atoms in total. The van der Waals surface area contributed by atoms with E-state index in [0.29, 0.717) is 23.9 Å². The van der Waals surface area contributed by atoms with Crippen molar-refractivity contribution in [2.24, 2.45) is 21.7 Å². The molecular weight excluding hydrogens is 1520 g/mol. The quantitative estimate of drug-likeness (QED) is 0.0295. The molecule has 6 aromatic carbocycles. The van der Waals surface area contributed by atoms with Crippen LogP contribution in [-0.2, 0) is 45.4 Å². The van der Waals surface area contributed by atoms with Gasteiger partial charge in [0.25, 0.3) is 17.1 Å². The number of rotatable bonds is 22. The van der Waals surface area contributed by atoms with Crippen molar-refractivity contribution in [3.63, 3.8) is 0 Å². The fraction of sp³-hybridized carbons (Fsp3) is 0.311.